The Hall–Kier alpha value is -2.88. The summed E-state index contributed by atoms with van der Waals surface area (Å²) >= 11 is 0. The molecule has 0 radical (unpaired) electrons. The van der Waals surface area contributed by atoms with Crippen LogP contribution in [-0.4, -0.2) is 16.8 Å². The van der Waals surface area contributed by atoms with Crippen molar-refractivity contribution in [1.82, 2.24) is 10.3 Å². The van der Waals surface area contributed by atoms with Gasteiger partial charge in [-0.2, -0.15) is 0 Å². The van der Waals surface area contributed by atoms with E-state index in [1.807, 2.05) is 30.3 Å². The lowest BCUT2D eigenvalue weighted by Crippen LogP contribution is -2.31. The number of hydrogen-bond donors (Lipinski definition) is 2. The van der Waals surface area contributed by atoms with Crippen molar-refractivity contribution in [1.29, 1.82) is 0 Å². The molecule has 2 N–H and O–H groups in total. The average Bonchev–Trinajstić information content (AvgIpc) is 2.91. The number of fused-ring (bicyclic) bond motifs is 1. The highest BCUT2D eigenvalue weighted by atomic mass is 16.2. The maximum atomic E-state index is 12.0. The van der Waals surface area contributed by atoms with Crippen LogP contribution in [0.15, 0.2) is 60.8 Å². The third kappa shape index (κ3) is 2.84. The lowest BCUT2D eigenvalue weighted by molar-refractivity contribution is -0.119. The van der Waals surface area contributed by atoms with E-state index in [-0.39, 0.29) is 18.2 Å². The van der Waals surface area contributed by atoms with Crippen molar-refractivity contribution in [3.63, 3.8) is 0 Å². The third-order valence-corrected chi connectivity index (χ3v) is 3.31. The first-order chi connectivity index (χ1) is 10.2. The van der Waals surface area contributed by atoms with Crippen LogP contribution in [0, 0.1) is 0 Å². The number of H-pyrrole nitrogens is 1. The van der Waals surface area contributed by atoms with Crippen LogP contribution < -0.4 is 5.32 Å². The highest BCUT2D eigenvalue weighted by Gasteiger charge is 2.12. The monoisotopic (exact) mass is 278 g/mol. The third-order valence-electron chi connectivity index (χ3n) is 3.31. The molecule has 3 rings (SSSR count). The minimum absolute atomic E-state index is 0.169. The van der Waals surface area contributed by atoms with E-state index in [0.717, 1.165) is 16.5 Å². The van der Waals surface area contributed by atoms with Crippen LogP contribution in [0.1, 0.15) is 15.9 Å². The fourth-order valence-electron chi connectivity index (χ4n) is 2.28. The molecule has 0 aliphatic heterocycles. The summed E-state index contributed by atoms with van der Waals surface area (Å²) in [4.78, 5) is 27.0. The number of carbonyl (C=O) groups excluding carboxylic acids is 2. The van der Waals surface area contributed by atoms with Crippen LogP contribution in [-0.2, 0) is 11.2 Å². The first kappa shape index (κ1) is 13.1. The van der Waals surface area contributed by atoms with E-state index >= 15 is 0 Å². The molecule has 4 heteroatoms. The van der Waals surface area contributed by atoms with Crippen molar-refractivity contribution in [2.24, 2.45) is 0 Å². The maximum absolute atomic E-state index is 12.0. The summed E-state index contributed by atoms with van der Waals surface area (Å²) in [5.74, 6) is -0.686. The number of para-hydroxylation sites is 1. The van der Waals surface area contributed by atoms with Crippen LogP contribution in [0.2, 0.25) is 0 Å². The van der Waals surface area contributed by atoms with Gasteiger partial charge in [0, 0.05) is 22.7 Å². The van der Waals surface area contributed by atoms with Crippen LogP contribution in [0.3, 0.4) is 0 Å². The van der Waals surface area contributed by atoms with E-state index in [2.05, 4.69) is 10.3 Å². The van der Waals surface area contributed by atoms with Gasteiger partial charge < -0.3 is 4.98 Å². The predicted molar refractivity (Wildman–Crippen MR) is 80.9 cm³/mol. The van der Waals surface area contributed by atoms with Crippen LogP contribution >= 0.6 is 0 Å². The number of aromatic nitrogens is 1. The second-order valence-electron chi connectivity index (χ2n) is 4.78. The van der Waals surface area contributed by atoms with Crippen molar-refractivity contribution < 1.29 is 9.59 Å². The standard InChI is InChI=1S/C17H14N2O2/c20-16(19-17(21)12-6-2-1-3-7-12)10-13-11-18-15-9-5-4-8-14(13)15/h1-9,11,18H,10H2,(H,19,20,21). The molecular weight excluding hydrogens is 264 g/mol. The van der Waals surface area contributed by atoms with Gasteiger partial charge in [-0.15, -0.1) is 0 Å². The van der Waals surface area contributed by atoms with Crippen molar-refractivity contribution >= 4 is 22.7 Å². The largest absolute Gasteiger partial charge is 0.361 e. The predicted octanol–water partition coefficient (Wildman–Crippen LogP) is 2.67. The fraction of sp³-hybridized carbons (Fsp3) is 0.0588. The number of nitrogens with one attached hydrogen (secondary N) is 2. The molecule has 21 heavy (non-hydrogen) atoms. The Labute approximate surface area is 121 Å². The molecule has 0 aliphatic rings. The van der Waals surface area contributed by atoms with Crippen LogP contribution in [0.5, 0.6) is 0 Å². The topological polar surface area (TPSA) is 62.0 Å². The molecule has 0 saturated heterocycles. The highest BCUT2D eigenvalue weighted by Crippen LogP contribution is 2.17. The Bertz CT molecular complexity index is 791. The molecule has 4 nitrogen and oxygen atoms in total. The van der Waals surface area contributed by atoms with Gasteiger partial charge in [0.15, 0.2) is 0 Å². The minimum atomic E-state index is -0.375. The Kier molecular flexibility index (Phi) is 3.51. The molecule has 0 spiro atoms. The molecule has 1 heterocycles. The Morgan fingerprint density at radius 1 is 0.952 bits per heavy atom. The number of hydrogen-bond acceptors (Lipinski definition) is 2. The van der Waals surface area contributed by atoms with Crippen molar-refractivity contribution in [3.8, 4) is 0 Å². The van der Waals surface area contributed by atoms with Gasteiger partial charge in [-0.3, -0.25) is 14.9 Å². The molecule has 0 bridgehead atoms. The molecule has 2 aromatic carbocycles. The maximum Gasteiger partial charge on any atom is 0.257 e. The number of imide groups is 1. The summed E-state index contributed by atoms with van der Waals surface area (Å²) in [6, 6.07) is 16.5. The Morgan fingerprint density at radius 2 is 1.67 bits per heavy atom. The molecule has 0 fully saturated rings. The Balaban J connectivity index is 1.71. The van der Waals surface area contributed by atoms with Gasteiger partial charge in [0.25, 0.3) is 5.91 Å². The molecule has 104 valence electrons. The van der Waals surface area contributed by atoms with Crippen LogP contribution in [0.25, 0.3) is 10.9 Å². The van der Waals surface area contributed by atoms with Crippen molar-refractivity contribution in [3.05, 3.63) is 71.9 Å². The number of carbonyl (C=O) groups is 2. The average molecular weight is 278 g/mol. The van der Waals surface area contributed by atoms with E-state index in [1.165, 1.54) is 0 Å². The van der Waals surface area contributed by atoms with Gasteiger partial charge >= 0.3 is 0 Å². The van der Waals surface area contributed by atoms with E-state index in [0.29, 0.717) is 5.56 Å². The van der Waals surface area contributed by atoms with Gasteiger partial charge in [0.1, 0.15) is 0 Å². The number of aromatic amines is 1. The number of benzene rings is 2. The van der Waals surface area contributed by atoms with Gasteiger partial charge in [0.2, 0.25) is 5.91 Å². The van der Waals surface area contributed by atoms with Gasteiger partial charge in [0.05, 0.1) is 6.42 Å². The highest BCUT2D eigenvalue weighted by molar-refractivity contribution is 6.05. The summed E-state index contributed by atoms with van der Waals surface area (Å²) < 4.78 is 0. The molecule has 0 unspecified atom stereocenters. The van der Waals surface area contributed by atoms with E-state index in [4.69, 9.17) is 0 Å². The molecule has 2 amide bonds. The quantitative estimate of drug-likeness (QED) is 0.773. The normalized spacial score (nSPS) is 10.5. The van der Waals surface area contributed by atoms with E-state index < -0.39 is 0 Å². The summed E-state index contributed by atoms with van der Waals surface area (Å²) in [5.41, 5.74) is 2.34. The lowest BCUT2D eigenvalue weighted by Gasteiger charge is -2.03. The first-order valence-electron chi connectivity index (χ1n) is 6.68. The number of rotatable bonds is 3. The molecule has 0 atom stereocenters. The van der Waals surface area contributed by atoms with Gasteiger partial charge in [-0.05, 0) is 23.8 Å². The van der Waals surface area contributed by atoms with Crippen molar-refractivity contribution in [2.45, 2.75) is 6.42 Å². The zero-order valence-electron chi connectivity index (χ0n) is 11.3. The van der Waals surface area contributed by atoms with Gasteiger partial charge in [-0.1, -0.05) is 36.4 Å². The fourth-order valence-corrected chi connectivity index (χ4v) is 2.28. The van der Waals surface area contributed by atoms with E-state index in [1.54, 1.807) is 30.5 Å². The first-order valence-corrected chi connectivity index (χ1v) is 6.68. The second kappa shape index (κ2) is 5.63. The minimum Gasteiger partial charge on any atom is -0.361 e. The summed E-state index contributed by atoms with van der Waals surface area (Å²) in [5, 5.41) is 3.41. The molecule has 0 saturated carbocycles. The molecule has 0 aliphatic carbocycles. The van der Waals surface area contributed by atoms with Crippen LogP contribution in [0.4, 0.5) is 0 Å². The van der Waals surface area contributed by atoms with E-state index in [9.17, 15) is 9.59 Å². The summed E-state index contributed by atoms with van der Waals surface area (Å²) in [6.07, 6.45) is 1.97. The number of amides is 2. The van der Waals surface area contributed by atoms with Crippen molar-refractivity contribution in [2.75, 3.05) is 0 Å². The smallest absolute Gasteiger partial charge is 0.257 e. The summed E-state index contributed by atoms with van der Waals surface area (Å²) in [7, 11) is 0. The molecule has 3 aromatic rings. The Morgan fingerprint density at radius 3 is 2.48 bits per heavy atom. The zero-order chi connectivity index (χ0) is 14.7. The lowest BCUT2D eigenvalue weighted by atomic mass is 10.1. The second-order valence-corrected chi connectivity index (χ2v) is 4.78. The SMILES string of the molecule is O=C(Cc1c[nH]c2ccccc12)NC(=O)c1ccccc1. The van der Waals surface area contributed by atoms with Gasteiger partial charge in [-0.25, -0.2) is 0 Å². The molecular formula is C17H14N2O2. The zero-order valence-corrected chi connectivity index (χ0v) is 11.3. The molecule has 1 aromatic heterocycles. The summed E-state index contributed by atoms with van der Waals surface area (Å²) in [6.45, 7) is 0.